The fourth-order valence-corrected chi connectivity index (χ4v) is 3.70. The van der Waals surface area contributed by atoms with Crippen molar-refractivity contribution in [2.75, 3.05) is 13.2 Å². The van der Waals surface area contributed by atoms with Gasteiger partial charge in [0, 0.05) is 6.42 Å². The molecule has 190 valence electrons. The molecule has 0 aromatic carbocycles. The first-order chi connectivity index (χ1) is 15.2. The molecule has 0 amide bonds. The zero-order valence-electron chi connectivity index (χ0n) is 22.3. The number of unbranched alkanes of at least 4 members (excludes halogenated alkanes) is 11. The molecule has 0 aliphatic heterocycles. The zero-order valence-corrected chi connectivity index (χ0v) is 22.3. The van der Waals surface area contributed by atoms with Gasteiger partial charge in [0.1, 0.15) is 0 Å². The molecule has 0 heterocycles. The third-order valence-corrected chi connectivity index (χ3v) is 6.15. The molecule has 2 atom stereocenters. The van der Waals surface area contributed by atoms with Gasteiger partial charge in [-0.2, -0.15) is 0 Å². The largest absolute Gasteiger partial charge is 0.465 e. The summed E-state index contributed by atoms with van der Waals surface area (Å²) in [5, 5.41) is 0. The summed E-state index contributed by atoms with van der Waals surface area (Å²) in [4.78, 5) is 23.6. The quantitative estimate of drug-likeness (QED) is 0.130. The molecule has 0 spiro atoms. The normalized spacial score (nSPS) is 13.4. The summed E-state index contributed by atoms with van der Waals surface area (Å²) in [5.74, 6) is 1.16. The fraction of sp³-hybridized carbons (Fsp3) is 0.929. The lowest BCUT2D eigenvalue weighted by molar-refractivity contribution is -0.150. The summed E-state index contributed by atoms with van der Waals surface area (Å²) in [6.07, 6.45) is 16.8. The Labute approximate surface area is 199 Å². The third kappa shape index (κ3) is 19.6. The molecule has 2 unspecified atom stereocenters. The average Bonchev–Trinajstić information content (AvgIpc) is 2.75. The number of rotatable bonds is 21. The van der Waals surface area contributed by atoms with Gasteiger partial charge in [0.25, 0.3) is 0 Å². The second-order valence-electron chi connectivity index (χ2n) is 10.6. The van der Waals surface area contributed by atoms with Gasteiger partial charge in [-0.05, 0) is 30.6 Å². The maximum absolute atomic E-state index is 12.1. The van der Waals surface area contributed by atoms with E-state index in [1.165, 1.54) is 64.2 Å². The lowest BCUT2D eigenvalue weighted by Crippen LogP contribution is -2.23. The van der Waals surface area contributed by atoms with Crippen LogP contribution >= 0.6 is 0 Å². The molecule has 0 fully saturated rings. The Hall–Kier alpha value is -1.06. The molecule has 0 saturated heterocycles. The van der Waals surface area contributed by atoms with E-state index in [1.54, 1.807) is 0 Å². The van der Waals surface area contributed by atoms with Crippen LogP contribution in [0.1, 0.15) is 131 Å². The lowest BCUT2D eigenvalue weighted by Gasteiger charge is -2.19. The predicted molar refractivity (Wildman–Crippen MR) is 135 cm³/mol. The number of ether oxygens (including phenoxy) is 2. The second-order valence-corrected chi connectivity index (χ2v) is 10.6. The molecule has 32 heavy (non-hydrogen) atoms. The maximum Gasteiger partial charge on any atom is 0.308 e. The molecular formula is C28H54O4. The van der Waals surface area contributed by atoms with E-state index in [9.17, 15) is 9.59 Å². The predicted octanol–water partition coefficient (Wildman–Crippen LogP) is 8.12. The number of hydrogen-bond donors (Lipinski definition) is 0. The van der Waals surface area contributed by atoms with Crippen molar-refractivity contribution in [2.45, 2.75) is 131 Å². The van der Waals surface area contributed by atoms with Gasteiger partial charge >= 0.3 is 11.9 Å². The Balaban J connectivity index is 3.40. The first-order valence-corrected chi connectivity index (χ1v) is 13.6. The van der Waals surface area contributed by atoms with E-state index in [2.05, 4.69) is 34.6 Å². The average molecular weight is 455 g/mol. The Bertz CT molecular complexity index is 458. The van der Waals surface area contributed by atoms with E-state index in [1.807, 2.05) is 6.92 Å². The van der Waals surface area contributed by atoms with Crippen LogP contribution in [0.5, 0.6) is 0 Å². The lowest BCUT2D eigenvalue weighted by atomic mass is 9.90. The summed E-state index contributed by atoms with van der Waals surface area (Å²) in [6, 6.07) is 0. The Kier molecular flexibility index (Phi) is 19.9. The van der Waals surface area contributed by atoms with Crippen LogP contribution in [-0.2, 0) is 19.1 Å². The minimum Gasteiger partial charge on any atom is -0.465 e. The summed E-state index contributed by atoms with van der Waals surface area (Å²) < 4.78 is 10.6. The molecule has 0 aromatic rings. The van der Waals surface area contributed by atoms with Crippen LogP contribution in [0, 0.1) is 23.7 Å². The molecule has 0 rings (SSSR count). The van der Waals surface area contributed by atoms with E-state index in [0.29, 0.717) is 37.4 Å². The highest BCUT2D eigenvalue weighted by Gasteiger charge is 2.21. The smallest absolute Gasteiger partial charge is 0.308 e. The molecule has 0 N–H and O–H groups in total. The van der Waals surface area contributed by atoms with Gasteiger partial charge in [0.2, 0.25) is 0 Å². The van der Waals surface area contributed by atoms with E-state index < -0.39 is 0 Å². The van der Waals surface area contributed by atoms with Gasteiger partial charge in [-0.1, -0.05) is 112 Å². The highest BCUT2D eigenvalue weighted by Crippen LogP contribution is 2.21. The molecule has 0 aliphatic carbocycles. The molecule has 0 bridgehead atoms. The van der Waals surface area contributed by atoms with E-state index in [4.69, 9.17) is 9.47 Å². The zero-order chi connectivity index (χ0) is 24.2. The first-order valence-electron chi connectivity index (χ1n) is 13.6. The van der Waals surface area contributed by atoms with Crippen molar-refractivity contribution in [3.05, 3.63) is 0 Å². The number of carbonyl (C=O) groups is 2. The minimum absolute atomic E-state index is 0.00690. The van der Waals surface area contributed by atoms with Crippen LogP contribution < -0.4 is 0 Å². The molecule has 4 heteroatoms. The van der Waals surface area contributed by atoms with Crippen LogP contribution in [0.3, 0.4) is 0 Å². The molecule has 0 aromatic heterocycles. The fourth-order valence-electron chi connectivity index (χ4n) is 3.70. The van der Waals surface area contributed by atoms with Crippen LogP contribution in [0.15, 0.2) is 0 Å². The van der Waals surface area contributed by atoms with Gasteiger partial charge in [-0.15, -0.1) is 0 Å². The molecule has 0 aliphatic rings. The van der Waals surface area contributed by atoms with E-state index in [-0.39, 0.29) is 17.9 Å². The summed E-state index contributed by atoms with van der Waals surface area (Å²) in [7, 11) is 0. The highest BCUT2D eigenvalue weighted by atomic mass is 16.5. The van der Waals surface area contributed by atoms with Gasteiger partial charge in [0.15, 0.2) is 0 Å². The van der Waals surface area contributed by atoms with E-state index >= 15 is 0 Å². The number of hydrogen-bond acceptors (Lipinski definition) is 4. The van der Waals surface area contributed by atoms with Gasteiger partial charge in [0.05, 0.1) is 19.1 Å². The van der Waals surface area contributed by atoms with Gasteiger partial charge in [-0.3, -0.25) is 9.59 Å². The SMILES string of the molecule is CC(C)COC(=O)CCCCCCCCCCCCCCC(C)C(C)C(=O)OCC(C)C. The van der Waals surface area contributed by atoms with Crippen molar-refractivity contribution in [3.63, 3.8) is 0 Å². The number of carbonyl (C=O) groups excluding carboxylic acids is 2. The van der Waals surface area contributed by atoms with Crippen LogP contribution in [0.4, 0.5) is 0 Å². The van der Waals surface area contributed by atoms with Crippen LogP contribution in [0.2, 0.25) is 0 Å². The van der Waals surface area contributed by atoms with Crippen molar-refractivity contribution in [1.82, 2.24) is 0 Å². The van der Waals surface area contributed by atoms with Gasteiger partial charge < -0.3 is 9.47 Å². The van der Waals surface area contributed by atoms with Crippen molar-refractivity contribution in [2.24, 2.45) is 23.7 Å². The molecule has 4 nitrogen and oxygen atoms in total. The second kappa shape index (κ2) is 20.5. The van der Waals surface area contributed by atoms with E-state index in [0.717, 1.165) is 19.3 Å². The summed E-state index contributed by atoms with van der Waals surface area (Å²) in [5.41, 5.74) is 0. The standard InChI is InChI=1S/C28H54O4/c1-23(2)21-31-27(29)20-18-16-14-12-10-8-7-9-11-13-15-17-19-25(5)26(6)28(30)32-22-24(3)4/h23-26H,7-22H2,1-6H3. The molecule has 0 saturated carbocycles. The topological polar surface area (TPSA) is 52.6 Å². The van der Waals surface area contributed by atoms with Crippen molar-refractivity contribution < 1.29 is 19.1 Å². The summed E-state index contributed by atoms with van der Waals surface area (Å²) in [6.45, 7) is 13.5. The van der Waals surface area contributed by atoms with Crippen LogP contribution in [-0.4, -0.2) is 25.2 Å². The Morgan fingerprint density at radius 2 is 0.969 bits per heavy atom. The van der Waals surface area contributed by atoms with Crippen molar-refractivity contribution in [3.8, 4) is 0 Å². The molecule has 0 radical (unpaired) electrons. The third-order valence-electron chi connectivity index (χ3n) is 6.15. The monoisotopic (exact) mass is 454 g/mol. The number of esters is 2. The van der Waals surface area contributed by atoms with Crippen LogP contribution in [0.25, 0.3) is 0 Å². The maximum atomic E-state index is 12.1. The highest BCUT2D eigenvalue weighted by molar-refractivity contribution is 5.72. The molecular weight excluding hydrogens is 400 g/mol. The minimum atomic E-state index is -0.0354. The first kappa shape index (κ1) is 30.9. The van der Waals surface area contributed by atoms with Gasteiger partial charge in [-0.25, -0.2) is 0 Å². The van der Waals surface area contributed by atoms with Crippen molar-refractivity contribution in [1.29, 1.82) is 0 Å². The van der Waals surface area contributed by atoms with Crippen molar-refractivity contribution >= 4 is 11.9 Å². The summed E-state index contributed by atoms with van der Waals surface area (Å²) >= 11 is 0. The Morgan fingerprint density at radius 1 is 0.562 bits per heavy atom. The Morgan fingerprint density at radius 3 is 1.44 bits per heavy atom.